The molecule has 0 N–H and O–H groups in total. The standard InChI is InChI=1S/C26H24F2N2O2S/c1-15-13-24(29-23-8-6-5-7-21(15)23)33-18(4)25(31)22-14-16(2)30(17(22)3)19-9-11-20(12-10-19)32-26(27)28/h5-14,18,26H,1-4H3. The molecule has 2 aromatic carbocycles. The van der Waals surface area contributed by atoms with Crippen molar-refractivity contribution in [2.45, 2.75) is 44.6 Å². The molecular formula is C26H24F2N2O2S. The average Bonchev–Trinajstić information content (AvgIpc) is 3.07. The Morgan fingerprint density at radius 2 is 1.73 bits per heavy atom. The van der Waals surface area contributed by atoms with E-state index in [1.54, 1.807) is 12.1 Å². The van der Waals surface area contributed by atoms with Crippen LogP contribution < -0.4 is 4.74 Å². The third-order valence-electron chi connectivity index (χ3n) is 5.58. The molecule has 0 bridgehead atoms. The number of aryl methyl sites for hydroxylation is 2. The van der Waals surface area contributed by atoms with E-state index in [-0.39, 0.29) is 16.8 Å². The van der Waals surface area contributed by atoms with Gasteiger partial charge in [-0.05, 0) is 75.7 Å². The number of ketones is 1. The second-order valence-electron chi connectivity index (χ2n) is 7.91. The summed E-state index contributed by atoms with van der Waals surface area (Å²) in [5.74, 6) is 0.111. The molecule has 33 heavy (non-hydrogen) atoms. The average molecular weight is 467 g/mol. The highest BCUT2D eigenvalue weighted by Crippen LogP contribution is 2.30. The van der Waals surface area contributed by atoms with Crippen LogP contribution in [0, 0.1) is 20.8 Å². The van der Waals surface area contributed by atoms with Gasteiger partial charge in [0, 0.05) is 28.0 Å². The highest BCUT2D eigenvalue weighted by atomic mass is 32.2. The van der Waals surface area contributed by atoms with Crippen LogP contribution in [0.2, 0.25) is 0 Å². The topological polar surface area (TPSA) is 44.1 Å². The first-order valence-electron chi connectivity index (χ1n) is 10.6. The van der Waals surface area contributed by atoms with Crippen molar-refractivity contribution >= 4 is 28.4 Å². The summed E-state index contributed by atoms with van der Waals surface area (Å²) in [4.78, 5) is 18.0. The van der Waals surface area contributed by atoms with E-state index in [4.69, 9.17) is 4.98 Å². The molecule has 4 nitrogen and oxygen atoms in total. The van der Waals surface area contributed by atoms with E-state index >= 15 is 0 Å². The molecule has 7 heteroatoms. The summed E-state index contributed by atoms with van der Waals surface area (Å²) in [5, 5.41) is 1.60. The number of alkyl halides is 2. The van der Waals surface area contributed by atoms with E-state index in [0.29, 0.717) is 5.56 Å². The number of carbonyl (C=O) groups is 1. The number of nitrogens with zero attached hydrogens (tertiary/aromatic N) is 2. The number of hydrogen-bond donors (Lipinski definition) is 0. The van der Waals surface area contributed by atoms with Crippen LogP contribution in [-0.4, -0.2) is 27.2 Å². The van der Waals surface area contributed by atoms with Crippen molar-refractivity contribution in [2.24, 2.45) is 0 Å². The summed E-state index contributed by atoms with van der Waals surface area (Å²) in [6, 6.07) is 18.2. The van der Waals surface area contributed by atoms with Crippen molar-refractivity contribution in [3.8, 4) is 11.4 Å². The predicted molar refractivity (Wildman–Crippen MR) is 128 cm³/mol. The molecule has 0 aliphatic heterocycles. The molecule has 0 fully saturated rings. The highest BCUT2D eigenvalue weighted by Gasteiger charge is 2.23. The summed E-state index contributed by atoms with van der Waals surface area (Å²) in [5.41, 5.74) is 5.14. The van der Waals surface area contributed by atoms with Crippen LogP contribution in [0.4, 0.5) is 8.78 Å². The number of aromatic nitrogens is 2. The van der Waals surface area contributed by atoms with E-state index in [9.17, 15) is 13.6 Å². The van der Waals surface area contributed by atoms with E-state index in [0.717, 1.165) is 38.6 Å². The van der Waals surface area contributed by atoms with Gasteiger partial charge in [-0.1, -0.05) is 30.0 Å². The van der Waals surface area contributed by atoms with Gasteiger partial charge in [-0.2, -0.15) is 8.78 Å². The number of ether oxygens (including phenoxy) is 1. The third-order valence-corrected chi connectivity index (χ3v) is 6.60. The van der Waals surface area contributed by atoms with Gasteiger partial charge in [0.2, 0.25) is 0 Å². The van der Waals surface area contributed by atoms with Crippen LogP contribution in [0.15, 0.2) is 65.7 Å². The van der Waals surface area contributed by atoms with Crippen LogP contribution in [0.1, 0.15) is 34.2 Å². The minimum atomic E-state index is -2.87. The largest absolute Gasteiger partial charge is 0.435 e. The quantitative estimate of drug-likeness (QED) is 0.219. The molecule has 170 valence electrons. The Morgan fingerprint density at radius 1 is 1.03 bits per heavy atom. The van der Waals surface area contributed by atoms with Crippen LogP contribution >= 0.6 is 11.8 Å². The summed E-state index contributed by atoms with van der Waals surface area (Å²) in [6.45, 7) is 4.88. The summed E-state index contributed by atoms with van der Waals surface area (Å²) < 4.78 is 31.2. The number of rotatable bonds is 7. The van der Waals surface area contributed by atoms with Gasteiger partial charge in [-0.15, -0.1) is 0 Å². The highest BCUT2D eigenvalue weighted by molar-refractivity contribution is 8.00. The molecule has 1 atom stereocenters. The SMILES string of the molecule is Cc1cc(SC(C)C(=O)c2cc(C)n(-c3ccc(OC(F)F)cc3)c2C)nc2ccccc12. The van der Waals surface area contributed by atoms with Gasteiger partial charge in [0.25, 0.3) is 0 Å². The second-order valence-corrected chi connectivity index (χ2v) is 9.27. The van der Waals surface area contributed by atoms with E-state index < -0.39 is 6.61 Å². The molecule has 0 saturated heterocycles. The van der Waals surface area contributed by atoms with Crippen molar-refractivity contribution in [3.05, 3.63) is 83.2 Å². The monoisotopic (exact) mass is 466 g/mol. The van der Waals surface area contributed by atoms with Gasteiger partial charge in [0.15, 0.2) is 5.78 Å². The Balaban J connectivity index is 1.57. The van der Waals surface area contributed by atoms with Crippen molar-refractivity contribution in [2.75, 3.05) is 0 Å². The fourth-order valence-electron chi connectivity index (χ4n) is 4.02. The van der Waals surface area contributed by atoms with Gasteiger partial charge in [-0.25, -0.2) is 4.98 Å². The lowest BCUT2D eigenvalue weighted by Crippen LogP contribution is -2.15. The molecule has 2 heterocycles. The maximum atomic E-state index is 13.3. The molecular weight excluding hydrogens is 442 g/mol. The minimum Gasteiger partial charge on any atom is -0.435 e. The molecule has 2 aromatic heterocycles. The van der Waals surface area contributed by atoms with E-state index in [2.05, 4.69) is 4.74 Å². The molecule has 4 aromatic rings. The Hall–Kier alpha value is -3.19. The molecule has 4 rings (SSSR count). The van der Waals surface area contributed by atoms with Gasteiger partial charge in [0.1, 0.15) is 5.75 Å². The first-order valence-corrected chi connectivity index (χ1v) is 11.4. The van der Waals surface area contributed by atoms with Crippen molar-refractivity contribution in [1.29, 1.82) is 0 Å². The molecule has 0 aliphatic rings. The van der Waals surface area contributed by atoms with Crippen molar-refractivity contribution < 1.29 is 18.3 Å². The minimum absolute atomic E-state index is 0.0182. The second kappa shape index (κ2) is 9.35. The van der Waals surface area contributed by atoms with Gasteiger partial charge >= 0.3 is 6.61 Å². The molecule has 0 spiro atoms. The van der Waals surface area contributed by atoms with Crippen LogP contribution in [-0.2, 0) is 0 Å². The van der Waals surface area contributed by atoms with Crippen molar-refractivity contribution in [1.82, 2.24) is 9.55 Å². The van der Waals surface area contributed by atoms with Gasteiger partial charge < -0.3 is 9.30 Å². The molecule has 0 aliphatic carbocycles. The van der Waals surface area contributed by atoms with Crippen LogP contribution in [0.25, 0.3) is 16.6 Å². The number of pyridine rings is 1. The van der Waals surface area contributed by atoms with Crippen LogP contribution in [0.3, 0.4) is 0 Å². The number of fused-ring (bicyclic) bond motifs is 1. The lowest BCUT2D eigenvalue weighted by Gasteiger charge is -2.13. The van der Waals surface area contributed by atoms with Gasteiger partial charge in [-0.3, -0.25) is 4.79 Å². The van der Waals surface area contributed by atoms with Gasteiger partial charge in [0.05, 0.1) is 15.8 Å². The Kier molecular flexibility index (Phi) is 6.51. The predicted octanol–water partition coefficient (Wildman–Crippen LogP) is 6.92. The Labute approximate surface area is 195 Å². The fourth-order valence-corrected chi connectivity index (χ4v) is 5.01. The molecule has 0 amide bonds. The number of para-hydroxylation sites is 1. The zero-order valence-electron chi connectivity index (χ0n) is 18.8. The fraction of sp³-hybridized carbons (Fsp3) is 0.231. The maximum Gasteiger partial charge on any atom is 0.387 e. The number of carbonyl (C=O) groups excluding carboxylic acids is 1. The number of Topliss-reactive ketones (excluding diaryl/α,β-unsaturated/α-hetero) is 1. The summed E-state index contributed by atoms with van der Waals surface area (Å²) in [6.07, 6.45) is 0. The first kappa shape index (κ1) is 23.0. The molecule has 1 unspecified atom stereocenters. The number of thioether (sulfide) groups is 1. The van der Waals surface area contributed by atoms with E-state index in [1.165, 1.54) is 23.9 Å². The van der Waals surface area contributed by atoms with E-state index in [1.807, 2.05) is 68.7 Å². The molecule has 0 saturated carbocycles. The lowest BCUT2D eigenvalue weighted by molar-refractivity contribution is -0.0498. The summed E-state index contributed by atoms with van der Waals surface area (Å²) >= 11 is 1.45. The number of halogens is 2. The normalized spacial score (nSPS) is 12.3. The zero-order valence-corrected chi connectivity index (χ0v) is 19.6. The lowest BCUT2D eigenvalue weighted by atomic mass is 10.1. The Morgan fingerprint density at radius 3 is 2.42 bits per heavy atom. The number of hydrogen-bond acceptors (Lipinski definition) is 4. The third kappa shape index (κ3) is 4.78. The Bertz CT molecular complexity index is 1320. The maximum absolute atomic E-state index is 13.3. The smallest absolute Gasteiger partial charge is 0.387 e. The first-order chi connectivity index (χ1) is 15.7. The summed E-state index contributed by atoms with van der Waals surface area (Å²) in [7, 11) is 0. The number of benzene rings is 2. The van der Waals surface area contributed by atoms with Crippen molar-refractivity contribution in [3.63, 3.8) is 0 Å². The van der Waals surface area contributed by atoms with Crippen LogP contribution in [0.5, 0.6) is 5.75 Å². The molecule has 0 radical (unpaired) electrons. The zero-order chi connectivity index (χ0) is 23.7.